The Morgan fingerprint density at radius 1 is 1.62 bits per heavy atom. The summed E-state index contributed by atoms with van der Waals surface area (Å²) in [5.74, 6) is -0.0447. The molecule has 0 bridgehead atoms. The summed E-state index contributed by atoms with van der Waals surface area (Å²) < 4.78 is 0. The van der Waals surface area contributed by atoms with Crippen LogP contribution in [0.25, 0.3) is 0 Å². The molecule has 2 atom stereocenters. The lowest BCUT2D eigenvalue weighted by molar-refractivity contribution is -0.124. The Labute approximate surface area is 76.7 Å². The Hall–Kier alpha value is -1.26. The number of carbonyl (C=O) groups excluding carboxylic acids is 1. The van der Waals surface area contributed by atoms with Crippen LogP contribution < -0.4 is 5.32 Å². The average molecular weight is 186 g/mol. The molecule has 5 nitrogen and oxygen atoms in total. The van der Waals surface area contributed by atoms with Crippen molar-refractivity contribution in [3.05, 3.63) is 0 Å². The Kier molecular flexibility index (Phi) is 2.75. The molecule has 1 fully saturated rings. The second-order valence-corrected chi connectivity index (χ2v) is 3.46. The fraction of sp³-hybridized carbons (Fsp3) is 0.750. The molecular formula is C8H14N2O3. The molecular weight excluding hydrogens is 172 g/mol. The van der Waals surface area contributed by atoms with E-state index in [4.69, 9.17) is 5.11 Å². The molecule has 74 valence electrons. The molecule has 0 aromatic rings. The smallest absolute Gasteiger partial charge is 0.407 e. The predicted molar refractivity (Wildman–Crippen MR) is 46.4 cm³/mol. The highest BCUT2D eigenvalue weighted by atomic mass is 16.4. The standard InChI is InChI=1S/C8H14N2O3/c1-5-3-9-7(11)6(2)10(4-5)8(12)13/h5-6H,3-4H2,1-2H3,(H,9,11)(H,12,13)/t5-,6+/m1/s1. The van der Waals surface area contributed by atoms with Gasteiger partial charge in [-0.3, -0.25) is 9.69 Å². The van der Waals surface area contributed by atoms with Crippen LogP contribution in [0.2, 0.25) is 0 Å². The van der Waals surface area contributed by atoms with E-state index in [1.54, 1.807) is 6.92 Å². The van der Waals surface area contributed by atoms with Gasteiger partial charge in [0.1, 0.15) is 6.04 Å². The Balaban J connectivity index is 2.78. The SMILES string of the molecule is C[C@@H]1CNC(=O)[C@H](C)N(C(=O)O)C1. The normalized spacial score (nSPS) is 29.4. The first kappa shape index (κ1) is 9.83. The highest BCUT2D eigenvalue weighted by molar-refractivity contribution is 5.85. The molecule has 0 aliphatic carbocycles. The summed E-state index contributed by atoms with van der Waals surface area (Å²) >= 11 is 0. The monoisotopic (exact) mass is 186 g/mol. The Bertz CT molecular complexity index is 229. The molecule has 13 heavy (non-hydrogen) atoms. The number of carboxylic acid groups (broad SMARTS) is 1. The van der Waals surface area contributed by atoms with Crippen molar-refractivity contribution in [1.82, 2.24) is 10.2 Å². The number of carbonyl (C=O) groups is 2. The maximum absolute atomic E-state index is 11.3. The van der Waals surface area contributed by atoms with Gasteiger partial charge in [0.05, 0.1) is 0 Å². The zero-order valence-electron chi connectivity index (χ0n) is 7.78. The van der Waals surface area contributed by atoms with E-state index in [9.17, 15) is 9.59 Å². The molecule has 1 aliphatic rings. The van der Waals surface area contributed by atoms with Crippen molar-refractivity contribution in [2.75, 3.05) is 13.1 Å². The number of hydrogen-bond acceptors (Lipinski definition) is 2. The van der Waals surface area contributed by atoms with Crippen LogP contribution in [0.4, 0.5) is 4.79 Å². The molecule has 1 heterocycles. The molecule has 2 amide bonds. The van der Waals surface area contributed by atoms with Crippen molar-refractivity contribution in [3.63, 3.8) is 0 Å². The molecule has 1 rings (SSSR count). The van der Waals surface area contributed by atoms with Crippen LogP contribution in [0.5, 0.6) is 0 Å². The van der Waals surface area contributed by atoms with E-state index in [0.717, 1.165) is 0 Å². The van der Waals surface area contributed by atoms with Gasteiger partial charge < -0.3 is 10.4 Å². The summed E-state index contributed by atoms with van der Waals surface area (Å²) in [5, 5.41) is 11.5. The van der Waals surface area contributed by atoms with E-state index in [1.165, 1.54) is 4.90 Å². The predicted octanol–water partition coefficient (Wildman–Crippen LogP) is 0.121. The van der Waals surface area contributed by atoms with Gasteiger partial charge in [-0.2, -0.15) is 0 Å². The number of hydrogen-bond donors (Lipinski definition) is 2. The summed E-state index contributed by atoms with van der Waals surface area (Å²) in [6.07, 6.45) is -1.03. The minimum absolute atomic E-state index is 0.171. The van der Waals surface area contributed by atoms with Gasteiger partial charge in [0.15, 0.2) is 0 Å². The molecule has 5 heteroatoms. The third-order valence-corrected chi connectivity index (χ3v) is 2.23. The zero-order valence-corrected chi connectivity index (χ0v) is 7.78. The minimum atomic E-state index is -1.03. The van der Waals surface area contributed by atoms with Crippen molar-refractivity contribution >= 4 is 12.0 Å². The highest BCUT2D eigenvalue weighted by Crippen LogP contribution is 2.09. The van der Waals surface area contributed by atoms with Crippen molar-refractivity contribution in [2.45, 2.75) is 19.9 Å². The summed E-state index contributed by atoms with van der Waals surface area (Å²) in [6.45, 7) is 4.47. The van der Waals surface area contributed by atoms with Crippen LogP contribution in [0.3, 0.4) is 0 Å². The highest BCUT2D eigenvalue weighted by Gasteiger charge is 2.29. The molecule has 0 aromatic carbocycles. The van der Waals surface area contributed by atoms with Crippen LogP contribution in [0.15, 0.2) is 0 Å². The lowest BCUT2D eigenvalue weighted by Crippen LogP contribution is -2.44. The van der Waals surface area contributed by atoms with Crippen LogP contribution in [0.1, 0.15) is 13.8 Å². The van der Waals surface area contributed by atoms with Crippen molar-refractivity contribution < 1.29 is 14.7 Å². The van der Waals surface area contributed by atoms with Gasteiger partial charge in [-0.25, -0.2) is 4.79 Å². The maximum Gasteiger partial charge on any atom is 0.407 e. The van der Waals surface area contributed by atoms with Crippen LogP contribution in [0, 0.1) is 5.92 Å². The van der Waals surface area contributed by atoms with Gasteiger partial charge in [-0.1, -0.05) is 6.92 Å². The molecule has 1 saturated heterocycles. The first-order valence-corrected chi connectivity index (χ1v) is 4.29. The number of amides is 2. The van der Waals surface area contributed by atoms with Gasteiger partial charge in [0.2, 0.25) is 5.91 Å². The first-order valence-electron chi connectivity index (χ1n) is 4.29. The second kappa shape index (κ2) is 3.64. The lowest BCUT2D eigenvalue weighted by Gasteiger charge is -2.23. The second-order valence-electron chi connectivity index (χ2n) is 3.46. The first-order chi connectivity index (χ1) is 6.02. The van der Waals surface area contributed by atoms with E-state index < -0.39 is 12.1 Å². The van der Waals surface area contributed by atoms with Gasteiger partial charge >= 0.3 is 6.09 Å². The number of rotatable bonds is 0. The zero-order chi connectivity index (χ0) is 10.0. The molecule has 2 N–H and O–H groups in total. The molecule has 0 aromatic heterocycles. The van der Waals surface area contributed by atoms with Crippen LogP contribution in [-0.2, 0) is 4.79 Å². The van der Waals surface area contributed by atoms with Gasteiger partial charge in [0, 0.05) is 13.1 Å². The molecule has 0 unspecified atom stereocenters. The van der Waals surface area contributed by atoms with E-state index in [2.05, 4.69) is 5.32 Å². The van der Waals surface area contributed by atoms with Crippen molar-refractivity contribution in [1.29, 1.82) is 0 Å². The number of nitrogens with one attached hydrogen (secondary N) is 1. The molecule has 1 aliphatic heterocycles. The molecule has 0 radical (unpaired) electrons. The van der Waals surface area contributed by atoms with E-state index in [0.29, 0.717) is 13.1 Å². The van der Waals surface area contributed by atoms with Crippen molar-refractivity contribution in [3.8, 4) is 0 Å². The fourth-order valence-corrected chi connectivity index (χ4v) is 1.37. The third-order valence-electron chi connectivity index (χ3n) is 2.23. The number of nitrogens with zero attached hydrogens (tertiary/aromatic N) is 1. The van der Waals surface area contributed by atoms with Gasteiger partial charge in [0.25, 0.3) is 0 Å². The summed E-state index contributed by atoms with van der Waals surface area (Å²) in [5.41, 5.74) is 0. The largest absolute Gasteiger partial charge is 0.465 e. The van der Waals surface area contributed by atoms with E-state index >= 15 is 0 Å². The van der Waals surface area contributed by atoms with E-state index in [-0.39, 0.29) is 11.8 Å². The Morgan fingerprint density at radius 2 is 2.23 bits per heavy atom. The van der Waals surface area contributed by atoms with Crippen LogP contribution >= 0.6 is 0 Å². The van der Waals surface area contributed by atoms with Crippen LogP contribution in [-0.4, -0.2) is 41.1 Å². The molecule has 0 spiro atoms. The topological polar surface area (TPSA) is 69.6 Å². The maximum atomic E-state index is 11.3. The van der Waals surface area contributed by atoms with Crippen molar-refractivity contribution in [2.24, 2.45) is 5.92 Å². The average Bonchev–Trinajstić information content (AvgIpc) is 2.18. The van der Waals surface area contributed by atoms with Gasteiger partial charge in [-0.15, -0.1) is 0 Å². The van der Waals surface area contributed by atoms with Gasteiger partial charge in [-0.05, 0) is 12.8 Å². The van der Waals surface area contributed by atoms with E-state index in [1.807, 2.05) is 6.92 Å². The summed E-state index contributed by atoms with van der Waals surface area (Å²) in [4.78, 5) is 23.2. The summed E-state index contributed by atoms with van der Waals surface area (Å²) in [6, 6.07) is -0.581. The molecule has 0 saturated carbocycles. The lowest BCUT2D eigenvalue weighted by atomic mass is 10.2. The Morgan fingerprint density at radius 3 is 2.77 bits per heavy atom. The fourth-order valence-electron chi connectivity index (χ4n) is 1.37. The third kappa shape index (κ3) is 2.11. The quantitative estimate of drug-likeness (QED) is 0.564. The minimum Gasteiger partial charge on any atom is -0.465 e. The summed E-state index contributed by atoms with van der Waals surface area (Å²) in [7, 11) is 0.